The van der Waals surface area contributed by atoms with Gasteiger partial charge in [-0.2, -0.15) is 4.31 Å². The Kier molecular flexibility index (Phi) is 8.22. The fraction of sp³-hybridized carbons (Fsp3) is 0.231. The van der Waals surface area contributed by atoms with E-state index < -0.39 is 16.1 Å². The molecule has 0 spiro atoms. The van der Waals surface area contributed by atoms with Crippen molar-refractivity contribution in [3.8, 4) is 5.75 Å². The van der Waals surface area contributed by atoms with E-state index in [9.17, 15) is 13.5 Å². The lowest BCUT2D eigenvalue weighted by Gasteiger charge is -2.22. The summed E-state index contributed by atoms with van der Waals surface area (Å²) in [7, 11) is -2.08. The van der Waals surface area contributed by atoms with E-state index in [-0.39, 0.29) is 11.4 Å². The van der Waals surface area contributed by atoms with Crippen molar-refractivity contribution in [3.63, 3.8) is 0 Å². The lowest BCUT2D eigenvalue weighted by atomic mass is 10.1. The highest BCUT2D eigenvalue weighted by atomic mass is 32.2. The smallest absolute Gasteiger partial charge is 0.243 e. The number of aryl methyl sites for hydroxylation is 1. The van der Waals surface area contributed by atoms with Crippen molar-refractivity contribution < 1.29 is 18.3 Å². The molecule has 168 valence electrons. The molecule has 1 atom stereocenters. The fourth-order valence-electron chi connectivity index (χ4n) is 3.28. The van der Waals surface area contributed by atoms with Crippen LogP contribution in [0.15, 0.2) is 95.9 Å². The normalized spacial score (nSPS) is 12.9. The molecule has 0 heterocycles. The number of methoxy groups -OCH3 is 1. The highest BCUT2D eigenvalue weighted by Gasteiger charge is 2.24. The maximum Gasteiger partial charge on any atom is 0.243 e. The first-order chi connectivity index (χ1) is 15.4. The molecule has 0 saturated heterocycles. The zero-order valence-electron chi connectivity index (χ0n) is 18.4. The first kappa shape index (κ1) is 23.7. The molecule has 3 aromatic rings. The van der Waals surface area contributed by atoms with Gasteiger partial charge >= 0.3 is 0 Å². The predicted octanol–water partition coefficient (Wildman–Crippen LogP) is 4.87. The van der Waals surface area contributed by atoms with Gasteiger partial charge in [0.2, 0.25) is 10.0 Å². The van der Waals surface area contributed by atoms with Gasteiger partial charge in [0.15, 0.2) is 0 Å². The Morgan fingerprint density at radius 2 is 1.62 bits per heavy atom. The minimum atomic E-state index is -3.68. The number of hydrogen-bond donors (Lipinski definition) is 1. The quantitative estimate of drug-likeness (QED) is 0.447. The van der Waals surface area contributed by atoms with Gasteiger partial charge in [-0.05, 0) is 48.7 Å². The highest BCUT2D eigenvalue weighted by molar-refractivity contribution is 7.89. The monoisotopic (exact) mass is 451 g/mol. The summed E-state index contributed by atoms with van der Waals surface area (Å²) in [4.78, 5) is 0.268. The number of aliphatic hydroxyl groups is 1. The van der Waals surface area contributed by atoms with Crippen LogP contribution < -0.4 is 4.74 Å². The van der Waals surface area contributed by atoms with Gasteiger partial charge in [-0.1, -0.05) is 72.3 Å². The largest absolute Gasteiger partial charge is 0.497 e. The van der Waals surface area contributed by atoms with E-state index in [4.69, 9.17) is 4.74 Å². The van der Waals surface area contributed by atoms with Crippen molar-refractivity contribution in [3.05, 3.63) is 108 Å². The number of sulfonamides is 1. The van der Waals surface area contributed by atoms with Crippen LogP contribution in [0.5, 0.6) is 5.75 Å². The second-order valence-electron chi connectivity index (χ2n) is 7.57. The van der Waals surface area contributed by atoms with Crippen LogP contribution in [-0.4, -0.2) is 31.5 Å². The van der Waals surface area contributed by atoms with Gasteiger partial charge in [-0.3, -0.25) is 0 Å². The molecule has 0 aliphatic carbocycles. The second kappa shape index (κ2) is 11.1. The van der Waals surface area contributed by atoms with Crippen LogP contribution in [-0.2, 0) is 16.6 Å². The molecule has 5 nitrogen and oxygen atoms in total. The van der Waals surface area contributed by atoms with Crippen molar-refractivity contribution in [2.75, 3.05) is 13.7 Å². The molecular weight excluding hydrogens is 422 g/mol. The van der Waals surface area contributed by atoms with Crippen LogP contribution >= 0.6 is 0 Å². The third kappa shape index (κ3) is 6.29. The zero-order chi connectivity index (χ0) is 23.0. The van der Waals surface area contributed by atoms with E-state index in [2.05, 4.69) is 0 Å². The van der Waals surface area contributed by atoms with Crippen molar-refractivity contribution in [2.45, 2.75) is 30.9 Å². The SMILES string of the molecule is COc1ccc(CN(CC/C=C/C(O)c2ccccc2)S(=O)(=O)c2ccc(C)cc2)cc1. The van der Waals surface area contributed by atoms with Gasteiger partial charge in [0.25, 0.3) is 0 Å². The fourth-order valence-corrected chi connectivity index (χ4v) is 4.73. The number of benzene rings is 3. The molecular formula is C26H29NO4S. The minimum Gasteiger partial charge on any atom is -0.497 e. The number of ether oxygens (including phenoxy) is 1. The zero-order valence-corrected chi connectivity index (χ0v) is 19.2. The van der Waals surface area contributed by atoms with E-state index in [1.165, 1.54) is 4.31 Å². The Morgan fingerprint density at radius 3 is 2.25 bits per heavy atom. The highest BCUT2D eigenvalue weighted by Crippen LogP contribution is 2.21. The van der Waals surface area contributed by atoms with Crippen molar-refractivity contribution in [1.82, 2.24) is 4.31 Å². The van der Waals surface area contributed by atoms with Gasteiger partial charge in [0, 0.05) is 13.1 Å². The topological polar surface area (TPSA) is 66.8 Å². The molecule has 3 rings (SSSR count). The van der Waals surface area contributed by atoms with Crippen LogP contribution in [0.2, 0.25) is 0 Å². The molecule has 3 aromatic carbocycles. The lowest BCUT2D eigenvalue weighted by Crippen LogP contribution is -2.31. The summed E-state index contributed by atoms with van der Waals surface area (Å²) in [6, 6.07) is 23.6. The predicted molar refractivity (Wildman–Crippen MR) is 127 cm³/mol. The average molecular weight is 452 g/mol. The van der Waals surface area contributed by atoms with Crippen LogP contribution in [0, 0.1) is 6.92 Å². The summed E-state index contributed by atoms with van der Waals surface area (Å²) in [6.07, 6.45) is 3.27. The van der Waals surface area contributed by atoms with E-state index in [0.29, 0.717) is 13.0 Å². The molecule has 6 heteroatoms. The van der Waals surface area contributed by atoms with E-state index in [1.54, 1.807) is 37.5 Å². The second-order valence-corrected chi connectivity index (χ2v) is 9.51. The van der Waals surface area contributed by atoms with Crippen LogP contribution in [0.25, 0.3) is 0 Å². The van der Waals surface area contributed by atoms with Crippen molar-refractivity contribution in [1.29, 1.82) is 0 Å². The van der Waals surface area contributed by atoms with E-state index in [1.807, 2.05) is 67.6 Å². The van der Waals surface area contributed by atoms with Gasteiger partial charge in [0.1, 0.15) is 5.75 Å². The molecule has 0 aromatic heterocycles. The Balaban J connectivity index is 1.76. The third-order valence-corrected chi connectivity index (χ3v) is 7.04. The number of hydrogen-bond acceptors (Lipinski definition) is 4. The summed E-state index contributed by atoms with van der Waals surface area (Å²) in [5, 5.41) is 10.3. The molecule has 0 saturated carbocycles. The van der Waals surface area contributed by atoms with Crippen LogP contribution in [0.4, 0.5) is 0 Å². The maximum absolute atomic E-state index is 13.3. The van der Waals surface area contributed by atoms with E-state index in [0.717, 1.165) is 22.4 Å². The standard InChI is InChI=1S/C26H29NO4S/c1-21-11-17-25(18-12-21)32(29,30)27(20-22-13-15-24(31-2)16-14-22)19-7-6-10-26(28)23-8-4-3-5-9-23/h3-6,8-18,26,28H,7,19-20H2,1-2H3/b10-6+. The summed E-state index contributed by atoms with van der Waals surface area (Å²) < 4.78 is 33.4. The molecule has 1 unspecified atom stereocenters. The number of nitrogens with zero attached hydrogens (tertiary/aromatic N) is 1. The molecule has 0 amide bonds. The molecule has 0 aliphatic rings. The van der Waals surface area contributed by atoms with Crippen LogP contribution in [0.1, 0.15) is 29.2 Å². The van der Waals surface area contributed by atoms with Crippen molar-refractivity contribution >= 4 is 10.0 Å². The van der Waals surface area contributed by atoms with Crippen LogP contribution in [0.3, 0.4) is 0 Å². The Morgan fingerprint density at radius 1 is 0.969 bits per heavy atom. The van der Waals surface area contributed by atoms with Gasteiger partial charge in [-0.25, -0.2) is 8.42 Å². The molecule has 0 aliphatic heterocycles. The Labute approximate surface area is 190 Å². The number of rotatable bonds is 10. The minimum absolute atomic E-state index is 0.245. The summed E-state index contributed by atoms with van der Waals surface area (Å²) in [6.45, 7) is 2.46. The van der Waals surface area contributed by atoms with Crippen molar-refractivity contribution in [2.24, 2.45) is 0 Å². The molecule has 0 radical (unpaired) electrons. The maximum atomic E-state index is 13.3. The summed E-state index contributed by atoms with van der Waals surface area (Å²) in [5.41, 5.74) is 2.67. The molecule has 1 N–H and O–H groups in total. The number of aliphatic hydroxyl groups excluding tert-OH is 1. The van der Waals surface area contributed by atoms with Gasteiger partial charge in [0.05, 0.1) is 18.1 Å². The summed E-state index contributed by atoms with van der Waals surface area (Å²) >= 11 is 0. The molecule has 0 bridgehead atoms. The van der Waals surface area contributed by atoms with E-state index >= 15 is 0 Å². The molecule has 32 heavy (non-hydrogen) atoms. The summed E-state index contributed by atoms with van der Waals surface area (Å²) in [5.74, 6) is 0.722. The van der Waals surface area contributed by atoms with Gasteiger partial charge < -0.3 is 9.84 Å². The molecule has 0 fully saturated rings. The Hall–Kier alpha value is -2.93. The average Bonchev–Trinajstić information content (AvgIpc) is 2.82. The first-order valence-electron chi connectivity index (χ1n) is 10.5. The third-order valence-electron chi connectivity index (χ3n) is 5.18. The first-order valence-corrected chi connectivity index (χ1v) is 11.9. The van der Waals surface area contributed by atoms with Gasteiger partial charge in [-0.15, -0.1) is 0 Å². The Bertz CT molecular complexity index is 1110. The lowest BCUT2D eigenvalue weighted by molar-refractivity contribution is 0.228.